The van der Waals surface area contributed by atoms with E-state index < -0.39 is 0 Å². The van der Waals surface area contributed by atoms with Crippen molar-refractivity contribution in [3.63, 3.8) is 0 Å². The maximum absolute atomic E-state index is 5.97. The molecule has 0 saturated carbocycles. The van der Waals surface area contributed by atoms with Crippen molar-refractivity contribution in [2.24, 2.45) is 0 Å². The summed E-state index contributed by atoms with van der Waals surface area (Å²) in [6.07, 6.45) is 3.31. The van der Waals surface area contributed by atoms with Crippen molar-refractivity contribution >= 4 is 50.1 Å². The van der Waals surface area contributed by atoms with Gasteiger partial charge in [-0.05, 0) is 40.8 Å². The number of fused-ring (bicyclic) bond motifs is 1. The molecule has 0 aliphatic carbocycles. The van der Waals surface area contributed by atoms with Crippen LogP contribution in [0.2, 0.25) is 0 Å². The van der Waals surface area contributed by atoms with E-state index in [1.54, 1.807) is 12.4 Å². The normalized spacial score (nSPS) is 10.9. The minimum atomic E-state index is 0.672. The molecule has 0 amide bonds. The average molecular weight is 354 g/mol. The summed E-state index contributed by atoms with van der Waals surface area (Å²) >= 11 is 3.76. The Morgan fingerprint density at radius 1 is 1.18 bits per heavy atom. The van der Waals surface area contributed by atoms with Gasteiger partial charge in [0.05, 0.1) is 0 Å². The average Bonchev–Trinajstić information content (AvgIpc) is 2.75. The van der Waals surface area contributed by atoms with E-state index in [1.807, 2.05) is 18.2 Å². The van der Waals surface area contributed by atoms with Gasteiger partial charge >= 0.3 is 0 Å². The molecule has 0 unspecified atom stereocenters. The van der Waals surface area contributed by atoms with Gasteiger partial charge in [0.15, 0.2) is 10.5 Å². The van der Waals surface area contributed by atoms with Gasteiger partial charge in [-0.15, -0.1) is 0 Å². The number of benzene rings is 1. The summed E-state index contributed by atoms with van der Waals surface area (Å²) in [5, 5.41) is 0.863. The highest BCUT2D eigenvalue weighted by Crippen LogP contribution is 2.32. The van der Waals surface area contributed by atoms with E-state index in [9.17, 15) is 0 Å². The number of nitrogen functional groups attached to an aromatic ring is 1. The second-order valence-corrected chi connectivity index (χ2v) is 5.66. The van der Waals surface area contributed by atoms with Crippen LogP contribution in [0, 0.1) is 3.57 Å². The van der Waals surface area contributed by atoms with Crippen LogP contribution in [0.1, 0.15) is 0 Å². The molecule has 0 saturated heterocycles. The van der Waals surface area contributed by atoms with Gasteiger partial charge in [0.2, 0.25) is 0 Å². The van der Waals surface area contributed by atoms with E-state index in [1.165, 1.54) is 11.3 Å². The summed E-state index contributed by atoms with van der Waals surface area (Å²) in [6.45, 7) is 0. The lowest BCUT2D eigenvalue weighted by Crippen LogP contribution is -1.90. The van der Waals surface area contributed by atoms with Crippen LogP contribution in [0.5, 0.6) is 0 Å². The van der Waals surface area contributed by atoms with Crippen molar-refractivity contribution in [3.8, 4) is 10.6 Å². The van der Waals surface area contributed by atoms with Crippen LogP contribution in [0.3, 0.4) is 0 Å². The lowest BCUT2D eigenvalue weighted by Gasteiger charge is -2.01. The van der Waals surface area contributed by atoms with Crippen LogP contribution in [0.4, 0.5) is 5.69 Å². The number of hydrogen-bond acceptors (Lipinski definition) is 5. The maximum Gasteiger partial charge on any atom is 0.190 e. The van der Waals surface area contributed by atoms with Gasteiger partial charge in [-0.2, -0.15) is 0 Å². The standard InChI is InChI=1S/C11H7IN4S/c12-6-1-2-8(13)7(5-6)10-16-9-11(17-10)15-4-3-14-9/h1-5H,13H2. The number of hydrogen-bond donors (Lipinski definition) is 1. The second kappa shape index (κ2) is 4.19. The summed E-state index contributed by atoms with van der Waals surface area (Å²) in [7, 11) is 0. The zero-order valence-corrected chi connectivity index (χ0v) is 11.6. The van der Waals surface area contributed by atoms with E-state index in [0.29, 0.717) is 5.65 Å². The molecule has 3 aromatic rings. The molecule has 4 nitrogen and oxygen atoms in total. The third-order valence-electron chi connectivity index (χ3n) is 2.29. The lowest BCUT2D eigenvalue weighted by molar-refractivity contribution is 1.26. The topological polar surface area (TPSA) is 64.7 Å². The zero-order valence-electron chi connectivity index (χ0n) is 8.59. The smallest absolute Gasteiger partial charge is 0.190 e. The Labute approximate surface area is 115 Å². The Morgan fingerprint density at radius 3 is 2.82 bits per heavy atom. The van der Waals surface area contributed by atoms with E-state index in [-0.39, 0.29) is 0 Å². The fourth-order valence-electron chi connectivity index (χ4n) is 1.51. The first kappa shape index (κ1) is 10.8. The third-order valence-corrected chi connectivity index (χ3v) is 3.95. The van der Waals surface area contributed by atoms with E-state index in [4.69, 9.17) is 5.73 Å². The van der Waals surface area contributed by atoms with Gasteiger partial charge in [-0.1, -0.05) is 11.3 Å². The maximum atomic E-state index is 5.97. The van der Waals surface area contributed by atoms with Crippen molar-refractivity contribution in [3.05, 3.63) is 34.2 Å². The van der Waals surface area contributed by atoms with Crippen LogP contribution in [-0.4, -0.2) is 15.0 Å². The van der Waals surface area contributed by atoms with Crippen molar-refractivity contribution < 1.29 is 0 Å². The summed E-state index contributed by atoms with van der Waals surface area (Å²) in [4.78, 5) is 13.7. The SMILES string of the molecule is Nc1ccc(I)cc1-c1nc2nccnc2s1. The van der Waals surface area contributed by atoms with Crippen molar-refractivity contribution in [2.75, 3.05) is 5.73 Å². The van der Waals surface area contributed by atoms with Crippen LogP contribution in [0.25, 0.3) is 21.0 Å². The van der Waals surface area contributed by atoms with Crippen molar-refractivity contribution in [2.45, 2.75) is 0 Å². The first-order valence-corrected chi connectivity index (χ1v) is 6.76. The highest BCUT2D eigenvalue weighted by atomic mass is 127. The zero-order chi connectivity index (χ0) is 11.8. The largest absolute Gasteiger partial charge is 0.398 e. The fourth-order valence-corrected chi connectivity index (χ4v) is 2.90. The number of thiazole rings is 1. The van der Waals surface area contributed by atoms with Gasteiger partial charge in [0.1, 0.15) is 5.01 Å². The highest BCUT2D eigenvalue weighted by molar-refractivity contribution is 14.1. The first-order valence-electron chi connectivity index (χ1n) is 4.87. The number of nitrogens with two attached hydrogens (primary N) is 1. The van der Waals surface area contributed by atoms with E-state index in [2.05, 4.69) is 37.5 Å². The number of aromatic nitrogens is 3. The number of rotatable bonds is 1. The van der Waals surface area contributed by atoms with Crippen LogP contribution in [0.15, 0.2) is 30.6 Å². The van der Waals surface area contributed by atoms with Gasteiger partial charge in [0, 0.05) is 27.2 Å². The van der Waals surface area contributed by atoms with Gasteiger partial charge < -0.3 is 5.73 Å². The summed E-state index contributed by atoms with van der Waals surface area (Å²) in [6, 6.07) is 5.89. The molecule has 0 radical (unpaired) electrons. The predicted octanol–water partition coefficient (Wildman–Crippen LogP) is 2.94. The van der Waals surface area contributed by atoms with Gasteiger partial charge in [0.25, 0.3) is 0 Å². The molecule has 2 aromatic heterocycles. The second-order valence-electron chi connectivity index (χ2n) is 3.44. The molecule has 1 aromatic carbocycles. The minimum absolute atomic E-state index is 0.672. The van der Waals surface area contributed by atoms with Crippen LogP contribution >= 0.6 is 33.9 Å². The lowest BCUT2D eigenvalue weighted by atomic mass is 10.2. The molecule has 84 valence electrons. The van der Waals surface area contributed by atoms with E-state index in [0.717, 1.165) is 24.7 Å². The Morgan fingerprint density at radius 2 is 2.00 bits per heavy atom. The molecule has 3 rings (SSSR count). The molecule has 2 heterocycles. The molecular formula is C11H7IN4S. The number of anilines is 1. The third kappa shape index (κ3) is 1.98. The number of halogens is 1. The molecule has 0 bridgehead atoms. The molecule has 0 spiro atoms. The monoisotopic (exact) mass is 354 g/mol. The summed E-state index contributed by atoms with van der Waals surface area (Å²) in [5.41, 5.74) is 8.31. The van der Waals surface area contributed by atoms with Crippen molar-refractivity contribution in [1.29, 1.82) is 0 Å². The molecule has 2 N–H and O–H groups in total. The Bertz CT molecular complexity index is 662. The minimum Gasteiger partial charge on any atom is -0.398 e. The molecule has 0 atom stereocenters. The fraction of sp³-hybridized carbons (Fsp3) is 0. The molecule has 0 aliphatic heterocycles. The van der Waals surface area contributed by atoms with Crippen molar-refractivity contribution in [1.82, 2.24) is 15.0 Å². The molecule has 6 heteroatoms. The Kier molecular flexibility index (Phi) is 2.67. The first-order chi connectivity index (χ1) is 8.24. The quantitative estimate of drug-likeness (QED) is 0.539. The van der Waals surface area contributed by atoms with Gasteiger partial charge in [-0.3, -0.25) is 0 Å². The number of nitrogens with zero attached hydrogens (tertiary/aromatic N) is 3. The molecule has 17 heavy (non-hydrogen) atoms. The Balaban J connectivity index is 2.23. The molecular weight excluding hydrogens is 347 g/mol. The molecule has 0 fully saturated rings. The van der Waals surface area contributed by atoms with Crippen LogP contribution < -0.4 is 5.73 Å². The summed E-state index contributed by atoms with van der Waals surface area (Å²) in [5.74, 6) is 0. The highest BCUT2D eigenvalue weighted by Gasteiger charge is 2.10. The summed E-state index contributed by atoms with van der Waals surface area (Å²) < 4.78 is 1.13. The van der Waals surface area contributed by atoms with Gasteiger partial charge in [-0.25, -0.2) is 15.0 Å². The van der Waals surface area contributed by atoms with E-state index >= 15 is 0 Å². The Hall–Kier alpha value is -1.28. The predicted molar refractivity (Wildman–Crippen MR) is 77.8 cm³/mol. The van der Waals surface area contributed by atoms with Crippen LogP contribution in [-0.2, 0) is 0 Å². The molecule has 0 aliphatic rings.